The molecule has 0 radical (unpaired) electrons. The highest BCUT2D eigenvalue weighted by atomic mass is 14.7. The largest absolute Gasteiger partial charge is 0.256 e. The predicted octanol–water partition coefficient (Wildman–Crippen LogP) is 3.55. The van der Waals surface area contributed by atoms with Gasteiger partial charge in [-0.3, -0.25) is 4.98 Å². The molecule has 1 aromatic heterocycles. The van der Waals surface area contributed by atoms with Crippen LogP contribution in [0, 0.1) is 6.92 Å². The number of hydrogen-bond acceptors (Lipinski definition) is 1. The van der Waals surface area contributed by atoms with Gasteiger partial charge in [-0.25, -0.2) is 0 Å². The first-order chi connectivity index (χ1) is 7.86. The van der Waals surface area contributed by atoms with Crippen molar-refractivity contribution in [3.63, 3.8) is 0 Å². The molecule has 80 valence electrons. The van der Waals surface area contributed by atoms with Crippen LogP contribution in [-0.4, -0.2) is 4.98 Å². The van der Waals surface area contributed by atoms with Crippen LogP contribution < -0.4 is 0 Å². The second-order valence-electron chi connectivity index (χ2n) is 4.47. The van der Waals surface area contributed by atoms with Gasteiger partial charge >= 0.3 is 0 Å². The van der Waals surface area contributed by atoms with Gasteiger partial charge in [0.15, 0.2) is 0 Å². The second-order valence-corrected chi connectivity index (χ2v) is 4.47. The van der Waals surface area contributed by atoms with E-state index in [-0.39, 0.29) is 0 Å². The lowest BCUT2D eigenvalue weighted by Crippen LogP contribution is -1.93. The predicted molar refractivity (Wildman–Crippen MR) is 66.4 cm³/mol. The van der Waals surface area contributed by atoms with Crippen molar-refractivity contribution in [2.45, 2.75) is 26.2 Å². The van der Waals surface area contributed by atoms with Gasteiger partial charge in [-0.1, -0.05) is 24.3 Å². The molecule has 1 heterocycles. The van der Waals surface area contributed by atoms with Crippen LogP contribution in [-0.2, 0) is 12.8 Å². The molecule has 0 N–H and O–H groups in total. The van der Waals surface area contributed by atoms with Crippen molar-refractivity contribution in [1.29, 1.82) is 0 Å². The first-order valence-electron chi connectivity index (χ1n) is 5.89. The summed E-state index contributed by atoms with van der Waals surface area (Å²) in [6, 6.07) is 10.8. The SMILES string of the molecule is Cc1cccnc1-c1cccc2c1CCC2. The zero-order chi connectivity index (χ0) is 11.0. The molecule has 2 aromatic rings. The molecular weight excluding hydrogens is 194 g/mol. The molecule has 1 aromatic carbocycles. The average Bonchev–Trinajstić information content (AvgIpc) is 2.77. The zero-order valence-corrected chi connectivity index (χ0v) is 9.53. The third-order valence-corrected chi connectivity index (χ3v) is 3.41. The summed E-state index contributed by atoms with van der Waals surface area (Å²) in [6.45, 7) is 2.14. The minimum absolute atomic E-state index is 1.15. The summed E-state index contributed by atoms with van der Waals surface area (Å²) in [5.41, 5.74) is 6.80. The van der Waals surface area contributed by atoms with Crippen molar-refractivity contribution >= 4 is 0 Å². The maximum atomic E-state index is 4.53. The van der Waals surface area contributed by atoms with Crippen LogP contribution in [0.5, 0.6) is 0 Å². The quantitative estimate of drug-likeness (QED) is 0.700. The summed E-state index contributed by atoms with van der Waals surface area (Å²) in [6.07, 6.45) is 5.62. The highest BCUT2D eigenvalue weighted by molar-refractivity contribution is 5.68. The molecule has 16 heavy (non-hydrogen) atoms. The molecule has 3 rings (SSSR count). The van der Waals surface area contributed by atoms with Gasteiger partial charge in [0.2, 0.25) is 0 Å². The number of hydrogen-bond donors (Lipinski definition) is 0. The van der Waals surface area contributed by atoms with Gasteiger partial charge in [0, 0.05) is 11.8 Å². The van der Waals surface area contributed by atoms with E-state index in [0.29, 0.717) is 0 Å². The lowest BCUT2D eigenvalue weighted by molar-refractivity contribution is 0.912. The van der Waals surface area contributed by atoms with Crippen molar-refractivity contribution < 1.29 is 0 Å². The average molecular weight is 209 g/mol. The highest BCUT2D eigenvalue weighted by Gasteiger charge is 2.16. The molecule has 0 saturated heterocycles. The molecule has 0 unspecified atom stereocenters. The summed E-state index contributed by atoms with van der Waals surface area (Å²) in [5.74, 6) is 0. The number of benzene rings is 1. The smallest absolute Gasteiger partial charge is 0.0733 e. The van der Waals surface area contributed by atoms with Crippen LogP contribution in [0.4, 0.5) is 0 Å². The van der Waals surface area contributed by atoms with Crippen LogP contribution >= 0.6 is 0 Å². The van der Waals surface area contributed by atoms with Crippen molar-refractivity contribution in [3.8, 4) is 11.3 Å². The van der Waals surface area contributed by atoms with E-state index >= 15 is 0 Å². The van der Waals surface area contributed by atoms with Gasteiger partial charge in [0.05, 0.1) is 5.69 Å². The Kier molecular flexibility index (Phi) is 2.24. The Bertz CT molecular complexity index is 529. The zero-order valence-electron chi connectivity index (χ0n) is 9.53. The lowest BCUT2D eigenvalue weighted by atomic mass is 9.98. The number of nitrogens with zero attached hydrogens (tertiary/aromatic N) is 1. The molecular formula is C15H15N. The second kappa shape index (κ2) is 3.75. The minimum Gasteiger partial charge on any atom is -0.256 e. The molecule has 1 heteroatoms. The summed E-state index contributed by atoms with van der Waals surface area (Å²) >= 11 is 0. The fourth-order valence-electron chi connectivity index (χ4n) is 2.61. The fraction of sp³-hybridized carbons (Fsp3) is 0.267. The van der Waals surface area contributed by atoms with Crippen molar-refractivity contribution in [2.24, 2.45) is 0 Å². The van der Waals surface area contributed by atoms with E-state index in [1.807, 2.05) is 12.3 Å². The van der Waals surface area contributed by atoms with E-state index in [1.54, 1.807) is 0 Å². The Labute approximate surface area is 96.2 Å². The molecule has 0 atom stereocenters. The van der Waals surface area contributed by atoms with Crippen molar-refractivity contribution in [3.05, 3.63) is 53.2 Å². The third-order valence-electron chi connectivity index (χ3n) is 3.41. The van der Waals surface area contributed by atoms with Crippen molar-refractivity contribution in [2.75, 3.05) is 0 Å². The molecule has 1 aliphatic carbocycles. The van der Waals surface area contributed by atoms with Crippen LogP contribution in [0.1, 0.15) is 23.1 Å². The van der Waals surface area contributed by atoms with Gasteiger partial charge < -0.3 is 0 Å². The van der Waals surface area contributed by atoms with E-state index in [2.05, 4.69) is 36.2 Å². The molecule has 0 fully saturated rings. The molecule has 0 saturated carbocycles. The van der Waals surface area contributed by atoms with Crippen LogP contribution in [0.2, 0.25) is 0 Å². The normalized spacial score (nSPS) is 13.8. The summed E-state index contributed by atoms with van der Waals surface area (Å²) < 4.78 is 0. The first kappa shape index (κ1) is 9.59. The lowest BCUT2D eigenvalue weighted by Gasteiger charge is -2.09. The summed E-state index contributed by atoms with van der Waals surface area (Å²) in [4.78, 5) is 4.53. The third kappa shape index (κ3) is 1.44. The van der Waals surface area contributed by atoms with E-state index in [4.69, 9.17) is 0 Å². The molecule has 0 bridgehead atoms. The molecule has 0 amide bonds. The maximum absolute atomic E-state index is 4.53. The summed E-state index contributed by atoms with van der Waals surface area (Å²) in [7, 11) is 0. The van der Waals surface area contributed by atoms with E-state index < -0.39 is 0 Å². The number of aryl methyl sites for hydroxylation is 2. The number of pyridine rings is 1. The fourth-order valence-corrected chi connectivity index (χ4v) is 2.61. The van der Waals surface area contributed by atoms with Gasteiger partial charge in [-0.15, -0.1) is 0 Å². The highest BCUT2D eigenvalue weighted by Crippen LogP contribution is 2.32. The Balaban J connectivity index is 2.21. The maximum Gasteiger partial charge on any atom is 0.0733 e. The van der Waals surface area contributed by atoms with E-state index in [9.17, 15) is 0 Å². The molecule has 0 spiro atoms. The first-order valence-corrected chi connectivity index (χ1v) is 5.89. The van der Waals surface area contributed by atoms with Gasteiger partial charge in [-0.05, 0) is 48.9 Å². The topological polar surface area (TPSA) is 12.9 Å². The molecule has 1 aliphatic rings. The summed E-state index contributed by atoms with van der Waals surface area (Å²) in [5, 5.41) is 0. The van der Waals surface area contributed by atoms with E-state index in [1.165, 1.54) is 41.5 Å². The Morgan fingerprint density at radius 2 is 2.00 bits per heavy atom. The molecule has 1 nitrogen and oxygen atoms in total. The number of rotatable bonds is 1. The monoisotopic (exact) mass is 209 g/mol. The Morgan fingerprint density at radius 1 is 1.06 bits per heavy atom. The minimum atomic E-state index is 1.15. The van der Waals surface area contributed by atoms with Gasteiger partial charge in [0.25, 0.3) is 0 Å². The van der Waals surface area contributed by atoms with Crippen molar-refractivity contribution in [1.82, 2.24) is 4.98 Å². The standard InChI is InChI=1S/C15H15N/c1-11-5-4-10-16-15(11)14-9-3-7-12-6-2-8-13(12)14/h3-5,7,9-10H,2,6,8H2,1H3. The van der Waals surface area contributed by atoms with E-state index in [0.717, 1.165) is 5.69 Å². The van der Waals surface area contributed by atoms with Crippen LogP contribution in [0.15, 0.2) is 36.5 Å². The number of aromatic nitrogens is 1. The Morgan fingerprint density at radius 3 is 2.88 bits per heavy atom. The Hall–Kier alpha value is -1.63. The van der Waals surface area contributed by atoms with Gasteiger partial charge in [-0.2, -0.15) is 0 Å². The number of fused-ring (bicyclic) bond motifs is 1. The van der Waals surface area contributed by atoms with Gasteiger partial charge in [0.1, 0.15) is 0 Å². The molecule has 0 aliphatic heterocycles. The van der Waals surface area contributed by atoms with Crippen LogP contribution in [0.3, 0.4) is 0 Å². The van der Waals surface area contributed by atoms with Crippen LogP contribution in [0.25, 0.3) is 11.3 Å².